The van der Waals surface area contributed by atoms with E-state index in [0.717, 1.165) is 11.8 Å². The van der Waals surface area contributed by atoms with Crippen LogP contribution in [0.5, 0.6) is 0 Å². The number of aliphatic carboxylic acids is 1. The SMILES string of the molecule is CCC(=O)SCC(C(=O)NCC(=O)O)N(C(=O)CC)C(=O)CCC(N)C(=O)OC(C)C. The van der Waals surface area contributed by atoms with Gasteiger partial charge in [0.15, 0.2) is 5.12 Å². The molecule has 0 rings (SSSR count). The lowest BCUT2D eigenvalue weighted by molar-refractivity contribution is -0.152. The molecule has 0 spiro atoms. The van der Waals surface area contributed by atoms with Crippen molar-refractivity contribution in [1.29, 1.82) is 0 Å². The monoisotopic (exact) mass is 461 g/mol. The van der Waals surface area contributed by atoms with Gasteiger partial charge in [0.1, 0.15) is 18.6 Å². The number of carboxylic acids is 1. The zero-order valence-electron chi connectivity index (χ0n) is 18.2. The standard InChI is InChI=1S/C19H31N3O8S/c1-5-14(23)22(15(24)8-7-12(20)19(29)30-11(3)4)13(10-31-17(27)6-2)18(28)21-9-16(25)26/h11-13H,5-10,20H2,1-4H3,(H,21,28)(H,25,26). The van der Waals surface area contributed by atoms with Crippen LogP contribution in [0.4, 0.5) is 0 Å². The number of nitrogens with two attached hydrogens (primary N) is 1. The molecule has 0 aliphatic rings. The predicted molar refractivity (Wildman–Crippen MR) is 113 cm³/mol. The van der Waals surface area contributed by atoms with Crippen molar-refractivity contribution in [2.45, 2.75) is 71.6 Å². The average Bonchev–Trinajstić information content (AvgIpc) is 2.71. The van der Waals surface area contributed by atoms with Crippen molar-refractivity contribution in [2.24, 2.45) is 5.73 Å². The molecule has 11 nitrogen and oxygen atoms in total. The Morgan fingerprint density at radius 2 is 1.68 bits per heavy atom. The summed E-state index contributed by atoms with van der Waals surface area (Å²) in [6.45, 7) is 5.69. The Kier molecular flexibility index (Phi) is 13.4. The van der Waals surface area contributed by atoms with E-state index in [1.54, 1.807) is 20.8 Å². The number of hydrogen-bond donors (Lipinski definition) is 3. The first-order valence-electron chi connectivity index (χ1n) is 9.90. The molecule has 0 aromatic rings. The number of amides is 3. The van der Waals surface area contributed by atoms with Crippen molar-refractivity contribution >= 4 is 46.5 Å². The molecule has 3 amide bonds. The maximum atomic E-state index is 12.8. The quantitative estimate of drug-likeness (QED) is 0.318. The fourth-order valence-electron chi connectivity index (χ4n) is 2.32. The van der Waals surface area contributed by atoms with E-state index in [0.29, 0.717) is 4.90 Å². The van der Waals surface area contributed by atoms with Crippen LogP contribution in [0.3, 0.4) is 0 Å². The first-order valence-corrected chi connectivity index (χ1v) is 10.9. The van der Waals surface area contributed by atoms with Gasteiger partial charge in [0.05, 0.1) is 6.10 Å². The highest BCUT2D eigenvalue weighted by Gasteiger charge is 2.35. The van der Waals surface area contributed by atoms with Crippen molar-refractivity contribution in [1.82, 2.24) is 10.2 Å². The molecule has 0 bridgehead atoms. The maximum absolute atomic E-state index is 12.8. The second kappa shape index (κ2) is 14.5. The predicted octanol–water partition coefficient (Wildman–Crippen LogP) is 0.0499. The summed E-state index contributed by atoms with van der Waals surface area (Å²) in [6.07, 6.45) is -0.765. The Hall–Kier alpha value is -2.47. The number of nitrogens with zero attached hydrogens (tertiary/aromatic N) is 1. The van der Waals surface area contributed by atoms with E-state index in [1.807, 2.05) is 0 Å². The van der Waals surface area contributed by atoms with E-state index in [2.05, 4.69) is 5.32 Å². The number of esters is 1. The van der Waals surface area contributed by atoms with Gasteiger partial charge in [0.2, 0.25) is 17.7 Å². The molecule has 0 aliphatic carbocycles. The molecule has 0 fully saturated rings. The number of imide groups is 1. The number of rotatable bonds is 13. The topological polar surface area (TPSA) is 173 Å². The summed E-state index contributed by atoms with van der Waals surface area (Å²) in [5, 5.41) is 10.7. The first kappa shape index (κ1) is 28.5. The minimum atomic E-state index is -1.39. The van der Waals surface area contributed by atoms with E-state index in [9.17, 15) is 28.8 Å². The van der Waals surface area contributed by atoms with Gasteiger partial charge in [-0.3, -0.25) is 33.7 Å². The Labute approximate surface area is 185 Å². The smallest absolute Gasteiger partial charge is 0.323 e. The molecule has 31 heavy (non-hydrogen) atoms. The third kappa shape index (κ3) is 10.9. The van der Waals surface area contributed by atoms with Crippen LogP contribution in [-0.4, -0.2) is 75.3 Å². The fraction of sp³-hybridized carbons (Fsp3) is 0.684. The highest BCUT2D eigenvalue weighted by molar-refractivity contribution is 8.13. The molecule has 0 aromatic heterocycles. The van der Waals surface area contributed by atoms with Crippen LogP contribution in [0, 0.1) is 0 Å². The maximum Gasteiger partial charge on any atom is 0.323 e. The second-order valence-corrected chi connectivity index (χ2v) is 7.88. The molecule has 0 aromatic carbocycles. The minimum absolute atomic E-state index is 0.109. The largest absolute Gasteiger partial charge is 0.480 e. The van der Waals surface area contributed by atoms with Crippen molar-refractivity contribution < 1.29 is 38.6 Å². The summed E-state index contributed by atoms with van der Waals surface area (Å²) < 4.78 is 4.97. The third-order valence-electron chi connectivity index (χ3n) is 3.88. The van der Waals surface area contributed by atoms with Gasteiger partial charge in [-0.1, -0.05) is 25.6 Å². The van der Waals surface area contributed by atoms with E-state index < -0.39 is 48.3 Å². The summed E-state index contributed by atoms with van der Waals surface area (Å²) in [7, 11) is 0. The van der Waals surface area contributed by atoms with Crippen LogP contribution in [0.15, 0.2) is 0 Å². The van der Waals surface area contributed by atoms with Gasteiger partial charge < -0.3 is 20.9 Å². The van der Waals surface area contributed by atoms with Crippen LogP contribution >= 0.6 is 11.8 Å². The number of carboxylic acid groups (broad SMARTS) is 1. The van der Waals surface area contributed by atoms with E-state index in [4.69, 9.17) is 15.6 Å². The van der Waals surface area contributed by atoms with Crippen LogP contribution < -0.4 is 11.1 Å². The lowest BCUT2D eigenvalue weighted by atomic mass is 10.1. The number of thioether (sulfide) groups is 1. The summed E-state index contributed by atoms with van der Waals surface area (Å²) >= 11 is 0.765. The van der Waals surface area contributed by atoms with E-state index >= 15 is 0 Å². The van der Waals surface area contributed by atoms with Crippen molar-refractivity contribution in [3.05, 3.63) is 0 Å². The molecule has 12 heteroatoms. The van der Waals surface area contributed by atoms with Crippen molar-refractivity contribution in [2.75, 3.05) is 12.3 Å². The average molecular weight is 462 g/mol. The highest BCUT2D eigenvalue weighted by atomic mass is 32.2. The Morgan fingerprint density at radius 3 is 2.16 bits per heavy atom. The zero-order chi connectivity index (χ0) is 24.1. The zero-order valence-corrected chi connectivity index (χ0v) is 19.0. The highest BCUT2D eigenvalue weighted by Crippen LogP contribution is 2.16. The first-order chi connectivity index (χ1) is 14.4. The normalized spacial score (nSPS) is 12.6. The Morgan fingerprint density at radius 1 is 1.06 bits per heavy atom. The lowest BCUT2D eigenvalue weighted by Gasteiger charge is -2.29. The number of carbonyl (C=O) groups is 6. The lowest BCUT2D eigenvalue weighted by Crippen LogP contribution is -2.54. The van der Waals surface area contributed by atoms with E-state index in [1.165, 1.54) is 6.92 Å². The van der Waals surface area contributed by atoms with E-state index in [-0.39, 0.29) is 42.7 Å². The number of nitrogens with one attached hydrogen (secondary N) is 1. The second-order valence-electron chi connectivity index (χ2n) is 6.81. The van der Waals surface area contributed by atoms with Crippen molar-refractivity contribution in [3.63, 3.8) is 0 Å². The Bertz CT molecular complexity index is 683. The molecular weight excluding hydrogens is 430 g/mol. The third-order valence-corrected chi connectivity index (χ3v) is 4.98. The summed E-state index contributed by atoms with van der Waals surface area (Å²) in [6, 6.07) is -2.49. The van der Waals surface area contributed by atoms with Gasteiger partial charge in [0, 0.05) is 25.0 Å². The molecule has 0 saturated carbocycles. The van der Waals surface area contributed by atoms with Crippen LogP contribution in [-0.2, 0) is 33.5 Å². The number of carbonyl (C=O) groups excluding carboxylic acids is 5. The summed E-state index contributed by atoms with van der Waals surface area (Å²) in [4.78, 5) is 72.8. The minimum Gasteiger partial charge on any atom is -0.480 e. The van der Waals surface area contributed by atoms with Crippen molar-refractivity contribution in [3.8, 4) is 0 Å². The fourth-order valence-corrected chi connectivity index (χ4v) is 3.16. The van der Waals surface area contributed by atoms with Gasteiger partial charge in [-0.2, -0.15) is 0 Å². The molecule has 4 N–H and O–H groups in total. The summed E-state index contributed by atoms with van der Waals surface area (Å²) in [5.41, 5.74) is 5.73. The van der Waals surface area contributed by atoms with Gasteiger partial charge in [0.25, 0.3) is 0 Å². The summed E-state index contributed by atoms with van der Waals surface area (Å²) in [5.74, 6) is -4.55. The molecule has 0 radical (unpaired) electrons. The number of ether oxygens (including phenoxy) is 1. The van der Waals surface area contributed by atoms with Gasteiger partial charge >= 0.3 is 11.9 Å². The molecule has 0 saturated heterocycles. The molecule has 2 atom stereocenters. The van der Waals surface area contributed by atoms with Crippen LogP contribution in [0.1, 0.15) is 53.4 Å². The Balaban J connectivity index is 5.52. The molecule has 0 aliphatic heterocycles. The molecule has 0 heterocycles. The van der Waals surface area contributed by atoms with Gasteiger partial charge in [-0.25, -0.2) is 0 Å². The molecule has 176 valence electrons. The molecule has 2 unspecified atom stereocenters. The number of hydrogen-bond acceptors (Lipinski definition) is 9. The van der Waals surface area contributed by atoms with Crippen LogP contribution in [0.25, 0.3) is 0 Å². The molecular formula is C19H31N3O8S. The van der Waals surface area contributed by atoms with Gasteiger partial charge in [-0.15, -0.1) is 0 Å². The van der Waals surface area contributed by atoms with Crippen LogP contribution in [0.2, 0.25) is 0 Å². The van der Waals surface area contributed by atoms with Gasteiger partial charge in [-0.05, 0) is 20.3 Å².